The van der Waals surface area contributed by atoms with E-state index in [4.69, 9.17) is 0 Å². The van der Waals surface area contributed by atoms with E-state index < -0.39 is 0 Å². The first-order valence-corrected chi connectivity index (χ1v) is 15.3. The van der Waals surface area contributed by atoms with Gasteiger partial charge in [0.1, 0.15) is 12.4 Å². The number of rotatable bonds is 25. The van der Waals surface area contributed by atoms with Crippen molar-refractivity contribution in [1.29, 1.82) is 0 Å². The summed E-state index contributed by atoms with van der Waals surface area (Å²) < 4.78 is 2.32. The summed E-state index contributed by atoms with van der Waals surface area (Å²) in [5, 5.41) is 0. The summed E-state index contributed by atoms with van der Waals surface area (Å²) in [5.74, 6) is 2.18. The van der Waals surface area contributed by atoms with Gasteiger partial charge in [-0.2, -0.15) is 0 Å². The highest BCUT2D eigenvalue weighted by molar-refractivity contribution is 4.89. The second-order valence-corrected chi connectivity index (χ2v) is 10.8. The fraction of sp³-hybridized carbons (Fsp3) is 0.903. The van der Waals surface area contributed by atoms with Gasteiger partial charge in [0.15, 0.2) is 0 Å². The van der Waals surface area contributed by atoms with E-state index in [1.54, 1.807) is 0 Å². The number of H-pyrrole nitrogens is 1. The lowest BCUT2D eigenvalue weighted by Crippen LogP contribution is -2.32. The molecule has 0 amide bonds. The maximum absolute atomic E-state index is 3.55. The largest absolute Gasteiger partial charge is 0.257 e. The molecule has 0 saturated carbocycles. The van der Waals surface area contributed by atoms with Crippen molar-refractivity contribution < 1.29 is 4.57 Å². The van der Waals surface area contributed by atoms with Crippen LogP contribution in [0.1, 0.15) is 180 Å². The molecule has 0 radical (unpaired) electrons. The average molecular weight is 462 g/mol. The minimum atomic E-state index is 0.724. The third-order valence-corrected chi connectivity index (χ3v) is 7.61. The van der Waals surface area contributed by atoms with Crippen LogP contribution in [0.4, 0.5) is 0 Å². The lowest BCUT2D eigenvalue weighted by atomic mass is 9.93. The van der Waals surface area contributed by atoms with Crippen molar-refractivity contribution >= 4 is 0 Å². The summed E-state index contributed by atoms with van der Waals surface area (Å²) in [6, 6.07) is 0. The van der Waals surface area contributed by atoms with E-state index >= 15 is 0 Å². The first-order valence-electron chi connectivity index (χ1n) is 15.3. The molecule has 0 unspecified atom stereocenters. The smallest absolute Gasteiger partial charge is 0.247 e. The number of nitrogens with one attached hydrogen (secondary N) is 1. The number of unbranched alkanes of at least 4 members (excludes halogenated alkanes) is 20. The molecular formula is C31H61N2+. The van der Waals surface area contributed by atoms with Gasteiger partial charge < -0.3 is 0 Å². The molecule has 1 heterocycles. The molecule has 33 heavy (non-hydrogen) atoms. The van der Waals surface area contributed by atoms with Crippen LogP contribution in [0.15, 0.2) is 12.4 Å². The van der Waals surface area contributed by atoms with Gasteiger partial charge in [0.05, 0.1) is 13.0 Å². The van der Waals surface area contributed by atoms with Gasteiger partial charge >= 0.3 is 0 Å². The summed E-state index contributed by atoms with van der Waals surface area (Å²) in [6.07, 6.45) is 38.6. The molecule has 0 aliphatic carbocycles. The Bertz CT molecular complexity index is 481. The van der Waals surface area contributed by atoms with Crippen LogP contribution in [0.2, 0.25) is 0 Å². The third-order valence-electron chi connectivity index (χ3n) is 7.61. The Hall–Kier alpha value is -0.790. The van der Waals surface area contributed by atoms with Gasteiger partial charge in [-0.15, -0.1) is 0 Å². The number of hydrogen-bond donors (Lipinski definition) is 1. The second-order valence-electron chi connectivity index (χ2n) is 10.8. The molecule has 1 N–H and O–H groups in total. The van der Waals surface area contributed by atoms with Gasteiger partial charge in [0.2, 0.25) is 0 Å². The van der Waals surface area contributed by atoms with Gasteiger partial charge in [0, 0.05) is 0 Å². The topological polar surface area (TPSA) is 19.7 Å². The number of aromatic amines is 1. The van der Waals surface area contributed by atoms with Crippen LogP contribution < -0.4 is 4.57 Å². The molecule has 2 nitrogen and oxygen atoms in total. The highest BCUT2D eigenvalue weighted by Crippen LogP contribution is 2.26. The summed E-state index contributed by atoms with van der Waals surface area (Å²) in [6.45, 7) is 4.61. The molecule has 1 aromatic heterocycles. The van der Waals surface area contributed by atoms with Crippen LogP contribution >= 0.6 is 0 Å². The molecule has 0 saturated heterocycles. The van der Waals surface area contributed by atoms with E-state index in [1.165, 1.54) is 160 Å². The number of nitrogens with zero attached hydrogens (tertiary/aromatic N) is 1. The Labute approximate surface area is 208 Å². The lowest BCUT2D eigenvalue weighted by Gasteiger charge is -2.13. The number of hydrogen-bond acceptors (Lipinski definition) is 0. The molecule has 0 atom stereocenters. The Morgan fingerprint density at radius 2 is 0.879 bits per heavy atom. The molecule has 194 valence electrons. The normalized spacial score (nSPS) is 11.6. The van der Waals surface area contributed by atoms with E-state index in [2.05, 4.69) is 42.8 Å². The van der Waals surface area contributed by atoms with E-state index in [1.807, 2.05) is 0 Å². The molecule has 1 aromatic rings. The molecule has 1 rings (SSSR count). The third kappa shape index (κ3) is 17.3. The van der Waals surface area contributed by atoms with Crippen molar-refractivity contribution in [3.8, 4) is 0 Å². The fourth-order valence-electron chi connectivity index (χ4n) is 5.35. The zero-order valence-corrected chi connectivity index (χ0v) is 23.1. The van der Waals surface area contributed by atoms with Crippen LogP contribution in [0, 0.1) is 0 Å². The average Bonchev–Trinajstić information content (AvgIpc) is 3.25. The number of aromatic nitrogens is 2. The molecule has 0 bridgehead atoms. The molecule has 0 aromatic carbocycles. The van der Waals surface area contributed by atoms with Crippen LogP contribution in [-0.2, 0) is 7.05 Å². The summed E-state index contributed by atoms with van der Waals surface area (Å²) in [4.78, 5) is 3.55. The summed E-state index contributed by atoms with van der Waals surface area (Å²) in [7, 11) is 2.21. The van der Waals surface area contributed by atoms with Crippen molar-refractivity contribution in [2.45, 2.75) is 174 Å². The molecule has 0 spiro atoms. The van der Waals surface area contributed by atoms with Crippen molar-refractivity contribution in [3.63, 3.8) is 0 Å². The summed E-state index contributed by atoms with van der Waals surface area (Å²) >= 11 is 0. The van der Waals surface area contributed by atoms with Crippen LogP contribution in [0.25, 0.3) is 0 Å². The predicted molar refractivity (Wildman–Crippen MR) is 147 cm³/mol. The Kier molecular flexibility index (Phi) is 21.1. The highest BCUT2D eigenvalue weighted by Gasteiger charge is 2.20. The van der Waals surface area contributed by atoms with Gasteiger partial charge in [-0.3, -0.25) is 0 Å². The summed E-state index contributed by atoms with van der Waals surface area (Å²) in [5.41, 5.74) is 0. The first-order chi connectivity index (χ1) is 16.3. The number of aryl methyl sites for hydroxylation is 1. The Morgan fingerprint density at radius 1 is 0.545 bits per heavy atom. The zero-order valence-electron chi connectivity index (χ0n) is 23.1. The highest BCUT2D eigenvalue weighted by atomic mass is 15.0. The standard InChI is InChI=1S/C31H60N2/c1-4-6-8-10-12-14-16-18-20-22-24-26-30(31-32-28-29-33(31)3)27-25-23-21-19-17-15-13-11-9-7-5-2/h28-30H,4-27H2,1-3H3/p+1. The lowest BCUT2D eigenvalue weighted by molar-refractivity contribution is -0.679. The molecule has 0 aliphatic rings. The van der Waals surface area contributed by atoms with E-state index in [0.29, 0.717) is 0 Å². The van der Waals surface area contributed by atoms with Crippen LogP contribution in [0.3, 0.4) is 0 Å². The van der Waals surface area contributed by atoms with Crippen LogP contribution in [-0.4, -0.2) is 4.98 Å². The van der Waals surface area contributed by atoms with Crippen molar-refractivity contribution in [1.82, 2.24) is 4.98 Å². The van der Waals surface area contributed by atoms with E-state index in [-0.39, 0.29) is 0 Å². The quantitative estimate of drug-likeness (QED) is 0.110. The Morgan fingerprint density at radius 3 is 1.18 bits per heavy atom. The second kappa shape index (κ2) is 23.0. The van der Waals surface area contributed by atoms with Gasteiger partial charge in [0.25, 0.3) is 5.82 Å². The maximum Gasteiger partial charge on any atom is 0.257 e. The predicted octanol–water partition coefficient (Wildman–Crippen LogP) is 10.3. The van der Waals surface area contributed by atoms with Gasteiger partial charge in [-0.25, -0.2) is 9.55 Å². The molecule has 0 fully saturated rings. The van der Waals surface area contributed by atoms with E-state index in [9.17, 15) is 0 Å². The minimum absolute atomic E-state index is 0.724. The monoisotopic (exact) mass is 461 g/mol. The van der Waals surface area contributed by atoms with Gasteiger partial charge in [-0.05, 0) is 12.8 Å². The zero-order chi connectivity index (χ0) is 23.8. The van der Waals surface area contributed by atoms with Crippen LogP contribution in [0.5, 0.6) is 0 Å². The van der Waals surface area contributed by atoms with E-state index in [0.717, 1.165) is 5.92 Å². The maximum atomic E-state index is 3.55. The van der Waals surface area contributed by atoms with Gasteiger partial charge in [-0.1, -0.05) is 155 Å². The molecule has 2 heteroatoms. The molecular weight excluding hydrogens is 400 g/mol. The fourth-order valence-corrected chi connectivity index (χ4v) is 5.35. The van der Waals surface area contributed by atoms with Crippen molar-refractivity contribution in [2.75, 3.05) is 0 Å². The molecule has 0 aliphatic heterocycles. The number of imidazole rings is 1. The minimum Gasteiger partial charge on any atom is -0.247 e. The SMILES string of the molecule is CCCCCCCCCCCCCC(CCCCCCCCCCCCC)c1[nH]cc[n+]1C. The first kappa shape index (κ1) is 30.2. The van der Waals surface area contributed by atoms with Crippen molar-refractivity contribution in [3.05, 3.63) is 18.2 Å². The Balaban J connectivity index is 2.07. The van der Waals surface area contributed by atoms with Crippen molar-refractivity contribution in [2.24, 2.45) is 7.05 Å².